The van der Waals surface area contributed by atoms with Crippen LogP contribution < -0.4 is 0 Å². The molecule has 118 valence electrons. The van der Waals surface area contributed by atoms with Gasteiger partial charge in [0, 0.05) is 5.92 Å². The summed E-state index contributed by atoms with van der Waals surface area (Å²) in [5.41, 5.74) is -1.66. The molecular formula is C15H22O6. The summed E-state index contributed by atoms with van der Waals surface area (Å²) >= 11 is 0. The summed E-state index contributed by atoms with van der Waals surface area (Å²) in [6.07, 6.45) is -0.359. The Balaban J connectivity index is 2.40. The van der Waals surface area contributed by atoms with Gasteiger partial charge in [-0.15, -0.1) is 0 Å². The maximum Gasteiger partial charge on any atom is 0.333 e. The van der Waals surface area contributed by atoms with E-state index in [9.17, 15) is 19.8 Å². The molecular weight excluding hydrogens is 276 g/mol. The SMILES string of the molecule is C=C(C(=O)O)C(O)C1C(C(C)C)CCC2(O)COC(=O)C12. The minimum atomic E-state index is -1.38. The maximum atomic E-state index is 12.0. The Labute approximate surface area is 123 Å². The molecule has 6 heteroatoms. The highest BCUT2D eigenvalue weighted by Crippen LogP contribution is 2.50. The van der Waals surface area contributed by atoms with E-state index in [1.165, 1.54) is 0 Å². The number of hydrogen-bond acceptors (Lipinski definition) is 5. The molecule has 0 radical (unpaired) electrons. The number of fused-ring (bicyclic) bond motifs is 1. The van der Waals surface area contributed by atoms with Crippen LogP contribution in [0.25, 0.3) is 0 Å². The Morgan fingerprint density at radius 1 is 1.48 bits per heavy atom. The largest absolute Gasteiger partial charge is 0.478 e. The number of aliphatic carboxylic acids is 1. The maximum absolute atomic E-state index is 12.0. The second-order valence-corrected chi connectivity index (χ2v) is 6.49. The van der Waals surface area contributed by atoms with Gasteiger partial charge >= 0.3 is 11.9 Å². The van der Waals surface area contributed by atoms with Crippen LogP contribution in [0.1, 0.15) is 26.7 Å². The van der Waals surface area contributed by atoms with E-state index in [0.717, 1.165) is 0 Å². The van der Waals surface area contributed by atoms with Crippen LogP contribution in [0, 0.1) is 23.7 Å². The summed E-state index contributed by atoms with van der Waals surface area (Å²) in [5.74, 6) is -3.39. The van der Waals surface area contributed by atoms with Gasteiger partial charge in [-0.2, -0.15) is 0 Å². The third kappa shape index (κ3) is 2.58. The first-order valence-electron chi connectivity index (χ1n) is 7.18. The summed E-state index contributed by atoms with van der Waals surface area (Å²) in [6.45, 7) is 7.22. The van der Waals surface area contributed by atoms with Crippen LogP contribution in [0.5, 0.6) is 0 Å². The second kappa shape index (κ2) is 5.42. The molecule has 5 unspecified atom stereocenters. The standard InChI is InChI=1S/C15H22O6/c1-7(2)9-4-5-15(20)6-21-14(19)11(15)10(9)12(16)8(3)13(17)18/h7,9-12,16,20H,3-6H2,1-2H3,(H,17,18). The number of ether oxygens (including phenoxy) is 1. The molecule has 0 bridgehead atoms. The van der Waals surface area contributed by atoms with Gasteiger partial charge in [-0.25, -0.2) is 4.79 Å². The molecule has 6 nitrogen and oxygen atoms in total. The summed E-state index contributed by atoms with van der Waals surface area (Å²) in [4.78, 5) is 23.1. The smallest absolute Gasteiger partial charge is 0.333 e. The van der Waals surface area contributed by atoms with Crippen molar-refractivity contribution >= 4 is 11.9 Å². The molecule has 1 heterocycles. The molecule has 0 aromatic carbocycles. The Kier molecular flexibility index (Phi) is 4.13. The molecule has 0 aromatic rings. The van der Waals surface area contributed by atoms with Gasteiger partial charge in [0.1, 0.15) is 12.2 Å². The van der Waals surface area contributed by atoms with Crippen LogP contribution in [-0.4, -0.2) is 45.6 Å². The van der Waals surface area contributed by atoms with Crippen LogP contribution in [0.15, 0.2) is 12.2 Å². The Hall–Kier alpha value is -1.40. The van der Waals surface area contributed by atoms with E-state index in [1.54, 1.807) is 0 Å². The number of carboxylic acids is 1. The van der Waals surface area contributed by atoms with Crippen molar-refractivity contribution in [3.8, 4) is 0 Å². The first kappa shape index (κ1) is 16.0. The second-order valence-electron chi connectivity index (χ2n) is 6.49. The van der Waals surface area contributed by atoms with Crippen LogP contribution in [0.4, 0.5) is 0 Å². The molecule has 2 aliphatic rings. The lowest BCUT2D eigenvalue weighted by molar-refractivity contribution is -0.151. The van der Waals surface area contributed by atoms with Crippen molar-refractivity contribution in [2.24, 2.45) is 23.7 Å². The quantitative estimate of drug-likeness (QED) is 0.518. The molecule has 1 saturated heterocycles. The van der Waals surface area contributed by atoms with E-state index in [0.29, 0.717) is 12.8 Å². The van der Waals surface area contributed by atoms with Crippen LogP contribution >= 0.6 is 0 Å². The van der Waals surface area contributed by atoms with Gasteiger partial charge in [-0.3, -0.25) is 4.79 Å². The molecule has 0 amide bonds. The predicted octanol–water partition coefficient (Wildman–Crippen LogP) is 0.574. The van der Waals surface area contributed by atoms with Gasteiger partial charge < -0.3 is 20.1 Å². The third-order valence-corrected chi connectivity index (χ3v) is 4.94. The number of aliphatic hydroxyl groups is 2. The average Bonchev–Trinajstić information content (AvgIpc) is 2.71. The summed E-state index contributed by atoms with van der Waals surface area (Å²) in [6, 6.07) is 0. The summed E-state index contributed by atoms with van der Waals surface area (Å²) in [5, 5.41) is 30.0. The van der Waals surface area contributed by atoms with Crippen molar-refractivity contribution < 1.29 is 29.6 Å². The number of carboxylic acid groups (broad SMARTS) is 1. The predicted molar refractivity (Wildman–Crippen MR) is 73.2 cm³/mol. The van der Waals surface area contributed by atoms with Crippen molar-refractivity contribution in [2.75, 3.05) is 6.61 Å². The number of carbonyl (C=O) groups is 2. The first-order chi connectivity index (χ1) is 9.69. The average molecular weight is 298 g/mol. The third-order valence-electron chi connectivity index (χ3n) is 4.94. The fourth-order valence-electron chi connectivity index (χ4n) is 3.75. The monoisotopic (exact) mass is 298 g/mol. The highest BCUT2D eigenvalue weighted by Gasteiger charge is 2.59. The van der Waals surface area contributed by atoms with Crippen molar-refractivity contribution in [2.45, 2.75) is 38.4 Å². The lowest BCUT2D eigenvalue weighted by atomic mass is 9.60. The highest BCUT2D eigenvalue weighted by atomic mass is 16.6. The van der Waals surface area contributed by atoms with Crippen LogP contribution in [0.3, 0.4) is 0 Å². The van der Waals surface area contributed by atoms with Crippen LogP contribution in [0.2, 0.25) is 0 Å². The Morgan fingerprint density at radius 2 is 2.10 bits per heavy atom. The first-order valence-corrected chi connectivity index (χ1v) is 7.18. The van der Waals surface area contributed by atoms with Gasteiger partial charge in [0.25, 0.3) is 0 Å². The molecule has 1 saturated carbocycles. The number of hydrogen-bond donors (Lipinski definition) is 3. The zero-order chi connectivity index (χ0) is 15.9. The van der Waals surface area contributed by atoms with Gasteiger partial charge in [-0.1, -0.05) is 20.4 Å². The van der Waals surface area contributed by atoms with E-state index >= 15 is 0 Å². The lowest BCUT2D eigenvalue weighted by Gasteiger charge is -2.45. The fourth-order valence-corrected chi connectivity index (χ4v) is 3.75. The lowest BCUT2D eigenvalue weighted by Crippen LogP contribution is -2.54. The van der Waals surface area contributed by atoms with E-state index < -0.39 is 35.5 Å². The molecule has 1 aliphatic carbocycles. The van der Waals surface area contributed by atoms with E-state index in [-0.39, 0.29) is 24.0 Å². The molecule has 1 aliphatic heterocycles. The minimum Gasteiger partial charge on any atom is -0.478 e. The molecule has 2 rings (SSSR count). The molecule has 5 atom stereocenters. The number of rotatable bonds is 4. The van der Waals surface area contributed by atoms with Gasteiger partial charge in [0.15, 0.2) is 0 Å². The summed E-state index contributed by atoms with van der Waals surface area (Å²) in [7, 11) is 0. The van der Waals surface area contributed by atoms with Gasteiger partial charge in [-0.05, 0) is 24.7 Å². The number of aliphatic hydroxyl groups excluding tert-OH is 1. The van der Waals surface area contributed by atoms with Crippen molar-refractivity contribution in [3.63, 3.8) is 0 Å². The summed E-state index contributed by atoms with van der Waals surface area (Å²) < 4.78 is 4.97. The number of cyclic esters (lactones) is 1. The minimum absolute atomic E-state index is 0.0768. The van der Waals surface area contributed by atoms with Gasteiger partial charge in [0.2, 0.25) is 0 Å². The van der Waals surface area contributed by atoms with Crippen molar-refractivity contribution in [1.29, 1.82) is 0 Å². The number of esters is 1. The van der Waals surface area contributed by atoms with E-state index in [4.69, 9.17) is 9.84 Å². The fraction of sp³-hybridized carbons (Fsp3) is 0.733. The Morgan fingerprint density at radius 3 is 2.62 bits per heavy atom. The molecule has 21 heavy (non-hydrogen) atoms. The van der Waals surface area contributed by atoms with E-state index in [2.05, 4.69) is 6.58 Å². The highest BCUT2D eigenvalue weighted by molar-refractivity contribution is 5.87. The van der Waals surface area contributed by atoms with Crippen LogP contribution in [-0.2, 0) is 14.3 Å². The van der Waals surface area contributed by atoms with Crippen molar-refractivity contribution in [3.05, 3.63) is 12.2 Å². The molecule has 2 fully saturated rings. The zero-order valence-corrected chi connectivity index (χ0v) is 12.3. The van der Waals surface area contributed by atoms with Gasteiger partial charge in [0.05, 0.1) is 17.6 Å². The van der Waals surface area contributed by atoms with E-state index in [1.807, 2.05) is 13.8 Å². The Bertz CT molecular complexity index is 471. The molecule has 3 N–H and O–H groups in total. The normalized spacial score (nSPS) is 37.0. The zero-order valence-electron chi connectivity index (χ0n) is 12.3. The number of carbonyl (C=O) groups excluding carboxylic acids is 1. The molecule has 0 spiro atoms. The van der Waals surface area contributed by atoms with Crippen molar-refractivity contribution in [1.82, 2.24) is 0 Å². The topological polar surface area (TPSA) is 104 Å². The molecule has 0 aromatic heterocycles.